The molecular weight excluding hydrogens is 356 g/mol. The van der Waals surface area contributed by atoms with Crippen LogP contribution in [-0.2, 0) is 4.79 Å². The van der Waals surface area contributed by atoms with Gasteiger partial charge in [-0.3, -0.25) is 4.79 Å². The summed E-state index contributed by atoms with van der Waals surface area (Å²) in [6.45, 7) is 3.79. The largest absolute Gasteiger partial charge is 0.481 e. The highest BCUT2D eigenvalue weighted by molar-refractivity contribution is 5.66. The van der Waals surface area contributed by atoms with Crippen LogP contribution < -0.4 is 0 Å². The Labute approximate surface area is 169 Å². The van der Waals surface area contributed by atoms with Crippen molar-refractivity contribution in [3.8, 4) is 11.8 Å². The predicted molar refractivity (Wildman–Crippen MR) is 111 cm³/mol. The number of rotatable bonds is 12. The van der Waals surface area contributed by atoms with Crippen molar-refractivity contribution in [2.45, 2.75) is 89.4 Å². The monoisotopic (exact) mass is 392 g/mol. The lowest BCUT2D eigenvalue weighted by Crippen LogP contribution is -2.26. The van der Waals surface area contributed by atoms with E-state index in [1.807, 2.05) is 24.3 Å². The van der Waals surface area contributed by atoms with Gasteiger partial charge in [0.05, 0.1) is 12.2 Å². The summed E-state index contributed by atoms with van der Waals surface area (Å²) >= 11 is 0. The van der Waals surface area contributed by atoms with Crippen LogP contribution in [-0.4, -0.2) is 44.2 Å². The molecule has 5 atom stereocenters. The maximum Gasteiger partial charge on any atom is 0.303 e. The Kier molecular flexibility index (Phi) is 11.1. The average molecular weight is 393 g/mol. The molecule has 0 aromatic heterocycles. The van der Waals surface area contributed by atoms with Crippen LogP contribution in [0.3, 0.4) is 0 Å². The highest BCUT2D eigenvalue weighted by Crippen LogP contribution is 2.36. The van der Waals surface area contributed by atoms with E-state index in [1.54, 1.807) is 6.92 Å². The molecule has 0 bridgehead atoms. The van der Waals surface area contributed by atoms with Gasteiger partial charge in [0.15, 0.2) is 0 Å². The van der Waals surface area contributed by atoms with Crippen molar-refractivity contribution >= 4 is 5.97 Å². The number of hydrogen-bond donors (Lipinski definition) is 4. The first-order chi connectivity index (χ1) is 13.3. The van der Waals surface area contributed by atoms with Crippen molar-refractivity contribution in [3.05, 3.63) is 24.3 Å². The van der Waals surface area contributed by atoms with E-state index in [0.29, 0.717) is 38.5 Å². The normalized spacial score (nSPS) is 27.0. The molecule has 0 amide bonds. The summed E-state index contributed by atoms with van der Waals surface area (Å²) in [6.07, 6.45) is 11.9. The first kappa shape index (κ1) is 24.4. The summed E-state index contributed by atoms with van der Waals surface area (Å²) in [5.41, 5.74) is -1.04. The minimum Gasteiger partial charge on any atom is -0.481 e. The fraction of sp³-hybridized carbons (Fsp3) is 0.696. The molecule has 0 radical (unpaired) electrons. The fourth-order valence-corrected chi connectivity index (χ4v) is 3.79. The van der Waals surface area contributed by atoms with Crippen molar-refractivity contribution in [2.24, 2.45) is 11.8 Å². The van der Waals surface area contributed by atoms with Crippen LogP contribution in [0.5, 0.6) is 0 Å². The molecule has 0 heterocycles. The summed E-state index contributed by atoms with van der Waals surface area (Å²) in [5, 5.41) is 39.9. The number of aliphatic hydroxyl groups excluding tert-OH is 2. The Balaban J connectivity index is 2.64. The van der Waals surface area contributed by atoms with E-state index in [4.69, 9.17) is 5.11 Å². The van der Waals surface area contributed by atoms with Gasteiger partial charge in [-0.15, -0.1) is 5.92 Å². The van der Waals surface area contributed by atoms with Crippen LogP contribution >= 0.6 is 0 Å². The molecule has 1 rings (SSSR count). The van der Waals surface area contributed by atoms with Crippen LogP contribution in [0.15, 0.2) is 24.3 Å². The van der Waals surface area contributed by atoms with Crippen molar-refractivity contribution in [3.63, 3.8) is 0 Å². The molecule has 0 spiro atoms. The van der Waals surface area contributed by atoms with E-state index < -0.39 is 23.8 Å². The lowest BCUT2D eigenvalue weighted by molar-refractivity contribution is -0.137. The van der Waals surface area contributed by atoms with E-state index in [1.165, 1.54) is 0 Å². The molecule has 0 aromatic carbocycles. The molecule has 158 valence electrons. The quantitative estimate of drug-likeness (QED) is 0.232. The number of carboxylic acid groups (broad SMARTS) is 1. The predicted octanol–water partition coefficient (Wildman–Crippen LogP) is 3.44. The smallest absolute Gasteiger partial charge is 0.303 e. The van der Waals surface area contributed by atoms with Crippen LogP contribution in [0.25, 0.3) is 0 Å². The van der Waals surface area contributed by atoms with Crippen LogP contribution in [0.1, 0.15) is 71.6 Å². The maximum atomic E-state index is 10.7. The van der Waals surface area contributed by atoms with E-state index in [-0.39, 0.29) is 18.3 Å². The number of unbranched alkanes of at least 4 members (excludes halogenated alkanes) is 2. The highest BCUT2D eigenvalue weighted by atomic mass is 16.4. The van der Waals surface area contributed by atoms with E-state index in [0.717, 1.165) is 12.8 Å². The zero-order valence-corrected chi connectivity index (χ0v) is 17.2. The molecule has 1 aliphatic carbocycles. The molecule has 1 aliphatic rings. The Morgan fingerprint density at radius 2 is 1.93 bits per heavy atom. The van der Waals surface area contributed by atoms with Crippen molar-refractivity contribution in [1.82, 2.24) is 0 Å². The molecule has 4 N–H and O–H groups in total. The minimum absolute atomic E-state index is 0.0806. The lowest BCUT2D eigenvalue weighted by Gasteiger charge is -2.22. The second-order valence-corrected chi connectivity index (χ2v) is 7.75. The van der Waals surface area contributed by atoms with Gasteiger partial charge in [-0.1, -0.05) is 43.6 Å². The highest BCUT2D eigenvalue weighted by Gasteiger charge is 2.39. The molecule has 1 unspecified atom stereocenters. The number of carboxylic acids is 1. The van der Waals surface area contributed by atoms with Gasteiger partial charge in [-0.25, -0.2) is 0 Å². The van der Waals surface area contributed by atoms with Gasteiger partial charge in [-0.2, -0.15) is 0 Å². The van der Waals surface area contributed by atoms with Gasteiger partial charge >= 0.3 is 5.97 Å². The lowest BCUT2D eigenvalue weighted by atomic mass is 9.88. The van der Waals surface area contributed by atoms with Gasteiger partial charge in [0.1, 0.15) is 5.60 Å². The number of carbonyl (C=O) groups is 1. The molecule has 1 saturated carbocycles. The summed E-state index contributed by atoms with van der Waals surface area (Å²) in [6, 6.07) is 0. The van der Waals surface area contributed by atoms with Crippen molar-refractivity contribution in [2.75, 3.05) is 0 Å². The first-order valence-electron chi connectivity index (χ1n) is 10.4. The van der Waals surface area contributed by atoms with Crippen LogP contribution in [0.2, 0.25) is 0 Å². The Hall–Kier alpha value is -1.61. The molecular formula is C23H36O5. The third-order valence-corrected chi connectivity index (χ3v) is 5.37. The molecule has 0 saturated heterocycles. The number of aliphatic carboxylic acids is 1. The zero-order valence-electron chi connectivity index (χ0n) is 17.2. The maximum absolute atomic E-state index is 10.7. The number of allylic oxidation sites excluding steroid dienone is 2. The third-order valence-electron chi connectivity index (χ3n) is 5.37. The summed E-state index contributed by atoms with van der Waals surface area (Å²) in [7, 11) is 0. The van der Waals surface area contributed by atoms with Crippen LogP contribution in [0, 0.1) is 23.7 Å². The Bertz CT molecular complexity index is 586. The topological polar surface area (TPSA) is 98.0 Å². The van der Waals surface area contributed by atoms with Gasteiger partial charge in [-0.05, 0) is 44.9 Å². The molecule has 5 nitrogen and oxygen atoms in total. The van der Waals surface area contributed by atoms with Crippen molar-refractivity contribution < 1.29 is 25.2 Å². The summed E-state index contributed by atoms with van der Waals surface area (Å²) in [4.78, 5) is 10.5. The second-order valence-electron chi connectivity index (χ2n) is 7.75. The average Bonchev–Trinajstić information content (AvgIpc) is 2.89. The fourth-order valence-electron chi connectivity index (χ4n) is 3.79. The summed E-state index contributed by atoms with van der Waals surface area (Å²) < 4.78 is 0. The molecule has 5 heteroatoms. The Morgan fingerprint density at radius 3 is 2.57 bits per heavy atom. The zero-order chi connectivity index (χ0) is 21.0. The van der Waals surface area contributed by atoms with Crippen molar-refractivity contribution in [1.29, 1.82) is 0 Å². The standard InChI is InChI=1S/C23H36O5/c1-3-5-15-23(28,14-4-2)16-10-12-19-18(20(24)17-21(19)25)11-8-6-7-9-13-22(26)27/h6,8,10,12,18-21,24-25,28H,3,5,7,9,11,13,15-17H2,1-2H3,(H,26,27)/b8-6-,12-10+/t18-,19-,20-,21-,23?/m1/s1. The SMILES string of the molecule is CC#CC(O)(C/C=C/[C@@H]1[C@@H](C/C=C\CCCC(=O)O)[C@H](O)C[C@H]1O)CCCC. The van der Waals surface area contributed by atoms with Gasteiger partial charge in [0, 0.05) is 25.2 Å². The van der Waals surface area contributed by atoms with Gasteiger partial charge in [0.25, 0.3) is 0 Å². The van der Waals surface area contributed by atoms with Gasteiger partial charge < -0.3 is 20.4 Å². The molecule has 1 fully saturated rings. The van der Waals surface area contributed by atoms with Crippen LogP contribution in [0.4, 0.5) is 0 Å². The van der Waals surface area contributed by atoms with E-state index in [9.17, 15) is 20.1 Å². The molecule has 28 heavy (non-hydrogen) atoms. The summed E-state index contributed by atoms with van der Waals surface area (Å²) in [5.74, 6) is 4.67. The van der Waals surface area contributed by atoms with Gasteiger partial charge in [0.2, 0.25) is 0 Å². The first-order valence-corrected chi connectivity index (χ1v) is 10.4. The van der Waals surface area contributed by atoms with E-state index in [2.05, 4.69) is 18.8 Å². The second kappa shape index (κ2) is 12.8. The third kappa shape index (κ3) is 8.60. The number of aliphatic hydroxyl groups is 3. The molecule has 0 aromatic rings. The number of hydrogen-bond acceptors (Lipinski definition) is 4. The molecule has 0 aliphatic heterocycles. The minimum atomic E-state index is -1.04. The Morgan fingerprint density at radius 1 is 1.18 bits per heavy atom. The van der Waals surface area contributed by atoms with E-state index >= 15 is 0 Å².